The van der Waals surface area contributed by atoms with Gasteiger partial charge in [0.25, 0.3) is 0 Å². The van der Waals surface area contributed by atoms with Crippen molar-refractivity contribution in [1.29, 1.82) is 0 Å². The molecule has 76 valence electrons. The summed E-state index contributed by atoms with van der Waals surface area (Å²) in [4.78, 5) is 11.0. The number of carbonyl (C=O) groups is 1. The molecule has 0 unspecified atom stereocenters. The Morgan fingerprint density at radius 2 is 2.08 bits per heavy atom. The number of fused-ring (bicyclic) bond motifs is 1. The molecule has 1 saturated carbocycles. The number of quaternary nitrogens is 1. The van der Waals surface area contributed by atoms with Gasteiger partial charge in [0.05, 0.1) is 12.0 Å². The fourth-order valence-corrected chi connectivity index (χ4v) is 1.97. The third-order valence-electron chi connectivity index (χ3n) is 2.74. The van der Waals surface area contributed by atoms with Gasteiger partial charge in [-0.1, -0.05) is 0 Å². The molecular weight excluding hydrogens is 198 g/mol. The molecule has 6 heteroatoms. The Morgan fingerprint density at radius 3 is 2.62 bits per heavy atom. The first-order valence-corrected chi connectivity index (χ1v) is 4.01. The van der Waals surface area contributed by atoms with E-state index in [4.69, 9.17) is 4.74 Å². The van der Waals surface area contributed by atoms with Crippen LogP contribution in [0.2, 0.25) is 0 Å². The molecule has 0 spiro atoms. The zero-order valence-electron chi connectivity index (χ0n) is 6.89. The van der Waals surface area contributed by atoms with Gasteiger partial charge < -0.3 is 33.1 Å². The van der Waals surface area contributed by atoms with Crippen LogP contribution in [0.5, 0.6) is 0 Å². The van der Waals surface area contributed by atoms with Gasteiger partial charge >= 0.3 is 5.97 Å². The molecule has 1 aliphatic heterocycles. The van der Waals surface area contributed by atoms with Crippen LogP contribution in [-0.2, 0) is 9.53 Å². The summed E-state index contributed by atoms with van der Waals surface area (Å²) in [6.45, 7) is 0. The second-order valence-corrected chi connectivity index (χ2v) is 3.47. The number of rotatable bonds is 0. The number of hydrogen-bond donors (Lipinski definition) is 3. The van der Waals surface area contributed by atoms with Crippen LogP contribution in [-0.4, -0.2) is 40.5 Å². The first-order chi connectivity index (χ1) is 5.61. The van der Waals surface area contributed by atoms with E-state index in [9.17, 15) is 15.0 Å². The average molecular weight is 210 g/mol. The molecule has 13 heavy (non-hydrogen) atoms. The molecule has 0 aromatic rings. The monoisotopic (exact) mass is 209 g/mol. The van der Waals surface area contributed by atoms with Crippen LogP contribution in [0.15, 0.2) is 0 Å². The van der Waals surface area contributed by atoms with Crippen LogP contribution < -0.4 is 18.1 Å². The van der Waals surface area contributed by atoms with E-state index in [0.29, 0.717) is 6.42 Å². The fourth-order valence-electron chi connectivity index (χ4n) is 1.97. The van der Waals surface area contributed by atoms with Gasteiger partial charge in [-0.15, -0.1) is 0 Å². The Kier molecular flexibility index (Phi) is 2.82. The van der Waals surface area contributed by atoms with Crippen molar-refractivity contribution in [1.82, 2.24) is 0 Å². The van der Waals surface area contributed by atoms with Crippen molar-refractivity contribution in [3.63, 3.8) is 0 Å². The SMILES string of the molecule is [Cl-].[NH3+][C@H]1C(=O)O[C@H]2[C@H](O)[C@H](O)C[C@H]21. The number of esters is 1. The lowest BCUT2D eigenvalue weighted by molar-refractivity contribution is -0.412. The van der Waals surface area contributed by atoms with Gasteiger partial charge in [-0.2, -0.15) is 0 Å². The lowest BCUT2D eigenvalue weighted by Gasteiger charge is -2.12. The van der Waals surface area contributed by atoms with Gasteiger partial charge in [0.2, 0.25) is 0 Å². The van der Waals surface area contributed by atoms with Crippen LogP contribution in [0.3, 0.4) is 0 Å². The normalized spacial score (nSPS) is 48.2. The van der Waals surface area contributed by atoms with E-state index < -0.39 is 24.4 Å². The van der Waals surface area contributed by atoms with Crippen molar-refractivity contribution >= 4 is 5.97 Å². The zero-order chi connectivity index (χ0) is 8.88. The average Bonchev–Trinajstić information content (AvgIpc) is 2.43. The van der Waals surface area contributed by atoms with E-state index in [1.165, 1.54) is 0 Å². The highest BCUT2D eigenvalue weighted by Crippen LogP contribution is 2.35. The van der Waals surface area contributed by atoms with Gasteiger partial charge in [-0.3, -0.25) is 0 Å². The van der Waals surface area contributed by atoms with Crippen molar-refractivity contribution in [3.8, 4) is 0 Å². The number of carbonyl (C=O) groups excluding carboxylic acids is 1. The Labute approximate surface area is 81.3 Å². The maximum atomic E-state index is 11.0. The number of ether oxygens (including phenoxy) is 1. The number of aliphatic hydroxyl groups is 2. The lowest BCUT2D eigenvalue weighted by Crippen LogP contribution is -3.00. The first-order valence-electron chi connectivity index (χ1n) is 4.01. The predicted molar refractivity (Wildman–Crippen MR) is 36.7 cm³/mol. The Morgan fingerprint density at radius 1 is 1.46 bits per heavy atom. The standard InChI is InChI=1S/C7H11NO4.ClH/c8-4-2-1-3(9)5(10)6(2)12-7(4)11;/h2-6,9-10H,1,8H2;1H/t2-,3+,4+,5+,6+;/m0./s1. The molecule has 5 nitrogen and oxygen atoms in total. The quantitative estimate of drug-likeness (QED) is 0.347. The van der Waals surface area contributed by atoms with E-state index >= 15 is 0 Å². The molecule has 2 rings (SSSR count). The van der Waals surface area contributed by atoms with Crippen LogP contribution in [0, 0.1) is 5.92 Å². The van der Waals surface area contributed by atoms with Gasteiger partial charge in [0.15, 0.2) is 6.04 Å². The van der Waals surface area contributed by atoms with Crippen LogP contribution in [0.25, 0.3) is 0 Å². The highest BCUT2D eigenvalue weighted by molar-refractivity contribution is 5.77. The summed E-state index contributed by atoms with van der Waals surface area (Å²) in [6, 6.07) is -0.429. The summed E-state index contributed by atoms with van der Waals surface area (Å²) in [7, 11) is 0. The maximum absolute atomic E-state index is 11.0. The minimum atomic E-state index is -0.925. The predicted octanol–water partition coefficient (Wildman–Crippen LogP) is -5.73. The Balaban J connectivity index is 0.000000845. The molecule has 1 aliphatic carbocycles. The number of aliphatic hydroxyl groups excluding tert-OH is 2. The highest BCUT2D eigenvalue weighted by Gasteiger charge is 2.55. The summed E-state index contributed by atoms with van der Waals surface area (Å²) in [5.74, 6) is -0.474. The Hall–Kier alpha value is -0.360. The van der Waals surface area contributed by atoms with E-state index in [2.05, 4.69) is 5.73 Å². The molecule has 0 aromatic carbocycles. The molecule has 0 aromatic heterocycles. The molecule has 2 aliphatic rings. The van der Waals surface area contributed by atoms with E-state index in [-0.39, 0.29) is 24.3 Å². The summed E-state index contributed by atoms with van der Waals surface area (Å²) in [5.41, 5.74) is 3.63. The van der Waals surface area contributed by atoms with Crippen molar-refractivity contribution in [2.24, 2.45) is 5.92 Å². The maximum Gasteiger partial charge on any atom is 0.365 e. The van der Waals surface area contributed by atoms with Crippen molar-refractivity contribution < 1.29 is 37.9 Å². The lowest BCUT2D eigenvalue weighted by atomic mass is 10.00. The molecule has 5 atom stereocenters. The highest BCUT2D eigenvalue weighted by atomic mass is 35.5. The Bertz CT molecular complexity index is 225. The summed E-state index contributed by atoms with van der Waals surface area (Å²) < 4.78 is 4.87. The molecule has 0 amide bonds. The zero-order valence-corrected chi connectivity index (χ0v) is 7.65. The summed E-state index contributed by atoms with van der Waals surface area (Å²) >= 11 is 0. The minimum absolute atomic E-state index is 0. The third kappa shape index (κ3) is 1.42. The van der Waals surface area contributed by atoms with E-state index in [0.717, 1.165) is 0 Å². The largest absolute Gasteiger partial charge is 1.00 e. The first kappa shape index (κ1) is 10.7. The smallest absolute Gasteiger partial charge is 0.365 e. The molecular formula is C7H12ClNO4. The third-order valence-corrected chi connectivity index (χ3v) is 2.74. The molecule has 1 heterocycles. The van der Waals surface area contributed by atoms with Gasteiger partial charge in [-0.05, 0) is 6.42 Å². The van der Waals surface area contributed by atoms with Gasteiger partial charge in [-0.25, -0.2) is 4.79 Å². The molecule has 1 saturated heterocycles. The number of hydrogen-bond acceptors (Lipinski definition) is 4. The van der Waals surface area contributed by atoms with E-state index in [1.807, 2.05) is 0 Å². The minimum Gasteiger partial charge on any atom is -1.00 e. The van der Waals surface area contributed by atoms with Gasteiger partial charge in [0, 0.05) is 0 Å². The molecule has 0 bridgehead atoms. The van der Waals surface area contributed by atoms with Crippen LogP contribution in [0.1, 0.15) is 6.42 Å². The molecule has 0 radical (unpaired) electrons. The van der Waals surface area contributed by atoms with Crippen molar-refractivity contribution in [2.75, 3.05) is 0 Å². The van der Waals surface area contributed by atoms with Crippen molar-refractivity contribution in [2.45, 2.75) is 30.8 Å². The van der Waals surface area contributed by atoms with E-state index in [1.54, 1.807) is 0 Å². The second kappa shape index (κ2) is 3.42. The number of halogens is 1. The van der Waals surface area contributed by atoms with Crippen LogP contribution in [0.4, 0.5) is 0 Å². The molecule has 2 fully saturated rings. The van der Waals surface area contributed by atoms with Crippen LogP contribution >= 0.6 is 0 Å². The topological polar surface area (TPSA) is 94.4 Å². The second-order valence-electron chi connectivity index (χ2n) is 3.47. The fraction of sp³-hybridized carbons (Fsp3) is 0.857. The molecule has 5 N–H and O–H groups in total. The van der Waals surface area contributed by atoms with Crippen molar-refractivity contribution in [3.05, 3.63) is 0 Å². The summed E-state index contributed by atoms with van der Waals surface area (Å²) in [6.07, 6.45) is -1.82. The summed E-state index contributed by atoms with van der Waals surface area (Å²) in [5, 5.41) is 18.6. The van der Waals surface area contributed by atoms with Gasteiger partial charge in [0.1, 0.15) is 12.2 Å².